The van der Waals surface area contributed by atoms with E-state index in [2.05, 4.69) is 31.3 Å². The van der Waals surface area contributed by atoms with Crippen molar-refractivity contribution < 1.29 is 21.6 Å². The monoisotopic (exact) mass is 526 g/mol. The summed E-state index contributed by atoms with van der Waals surface area (Å²) in [6, 6.07) is 6.55. The van der Waals surface area contributed by atoms with Gasteiger partial charge >= 0.3 is 6.18 Å². The van der Waals surface area contributed by atoms with Crippen LogP contribution in [-0.2, 0) is 16.0 Å². The van der Waals surface area contributed by atoms with Crippen molar-refractivity contribution in [2.45, 2.75) is 18.3 Å². The summed E-state index contributed by atoms with van der Waals surface area (Å²) in [4.78, 5) is 4.47. The van der Waals surface area contributed by atoms with E-state index >= 15 is 0 Å². The van der Waals surface area contributed by atoms with Gasteiger partial charge in [-0.15, -0.1) is 0 Å². The van der Waals surface area contributed by atoms with E-state index < -0.39 is 26.8 Å². The standard InChI is InChI=1S/C21H18BrF3N4O2S/c1-12-8-15(6-7-18(12)32(2,30)31)27-19-10-17(28-20-16(22)11-26-29(19)20)13-4-3-5-14(9-13)21(23,24)25/h3-12,18,27H,1-2H3. The summed E-state index contributed by atoms with van der Waals surface area (Å²) in [7, 11) is -3.25. The number of benzene rings is 1. The fourth-order valence-electron chi connectivity index (χ4n) is 3.60. The lowest BCUT2D eigenvalue weighted by Crippen LogP contribution is -2.27. The second-order valence-corrected chi connectivity index (χ2v) is 10.7. The Bertz CT molecular complexity index is 1360. The number of nitrogens with zero attached hydrogens (tertiary/aromatic N) is 3. The van der Waals surface area contributed by atoms with Crippen LogP contribution in [-0.4, -0.2) is 34.5 Å². The molecule has 2 heterocycles. The molecule has 1 aliphatic rings. The van der Waals surface area contributed by atoms with Crippen molar-refractivity contribution >= 4 is 37.2 Å². The molecule has 1 N–H and O–H groups in total. The van der Waals surface area contributed by atoms with Crippen molar-refractivity contribution in [3.05, 3.63) is 70.5 Å². The predicted molar refractivity (Wildman–Crippen MR) is 120 cm³/mol. The smallest absolute Gasteiger partial charge is 0.340 e. The van der Waals surface area contributed by atoms with Crippen molar-refractivity contribution in [1.82, 2.24) is 14.6 Å². The molecule has 2 aromatic heterocycles. The molecule has 0 aliphatic heterocycles. The molecule has 0 saturated heterocycles. The minimum atomic E-state index is -4.47. The number of nitrogens with one attached hydrogen (secondary N) is 1. The summed E-state index contributed by atoms with van der Waals surface area (Å²) in [6.45, 7) is 1.80. The summed E-state index contributed by atoms with van der Waals surface area (Å²) in [5.74, 6) is 0.205. The molecular weight excluding hydrogens is 509 g/mol. The average Bonchev–Trinajstić information content (AvgIpc) is 3.08. The van der Waals surface area contributed by atoms with E-state index in [1.54, 1.807) is 37.3 Å². The van der Waals surface area contributed by atoms with Crippen molar-refractivity contribution in [1.29, 1.82) is 0 Å². The Kier molecular flexibility index (Phi) is 5.66. The molecule has 0 spiro atoms. The Morgan fingerprint density at radius 3 is 2.62 bits per heavy atom. The quantitative estimate of drug-likeness (QED) is 0.512. The van der Waals surface area contributed by atoms with Crippen LogP contribution in [0.4, 0.5) is 19.0 Å². The van der Waals surface area contributed by atoms with Crippen molar-refractivity contribution in [2.75, 3.05) is 11.6 Å². The average molecular weight is 527 g/mol. The second kappa shape index (κ2) is 8.04. The molecule has 0 radical (unpaired) electrons. The van der Waals surface area contributed by atoms with E-state index in [-0.39, 0.29) is 5.92 Å². The summed E-state index contributed by atoms with van der Waals surface area (Å²) < 4.78 is 65.5. The Morgan fingerprint density at radius 1 is 1.22 bits per heavy atom. The minimum Gasteiger partial charge on any atom is -0.340 e. The van der Waals surface area contributed by atoms with Crippen LogP contribution < -0.4 is 5.32 Å². The van der Waals surface area contributed by atoms with E-state index in [9.17, 15) is 21.6 Å². The molecule has 2 unspecified atom stereocenters. The highest BCUT2D eigenvalue weighted by Crippen LogP contribution is 2.33. The van der Waals surface area contributed by atoms with Crippen LogP contribution in [0.3, 0.4) is 0 Å². The van der Waals surface area contributed by atoms with Gasteiger partial charge in [0.2, 0.25) is 0 Å². The molecule has 4 rings (SSSR count). The number of halogens is 4. The first kappa shape index (κ1) is 22.5. The second-order valence-electron chi connectivity index (χ2n) is 7.59. The number of hydrogen-bond acceptors (Lipinski definition) is 5. The molecule has 0 saturated carbocycles. The van der Waals surface area contributed by atoms with Gasteiger partial charge in [0.1, 0.15) is 5.82 Å². The first-order chi connectivity index (χ1) is 14.9. The van der Waals surface area contributed by atoms with Crippen molar-refractivity contribution in [3.8, 4) is 11.3 Å². The van der Waals surface area contributed by atoms with Crippen LogP contribution in [0.25, 0.3) is 16.9 Å². The zero-order chi connectivity index (χ0) is 23.3. The van der Waals surface area contributed by atoms with Gasteiger partial charge in [0.05, 0.1) is 27.2 Å². The molecule has 11 heteroatoms. The maximum atomic E-state index is 13.2. The zero-order valence-electron chi connectivity index (χ0n) is 16.9. The van der Waals surface area contributed by atoms with Crippen LogP contribution in [0.15, 0.2) is 64.9 Å². The maximum absolute atomic E-state index is 13.2. The fraction of sp³-hybridized carbons (Fsp3) is 0.238. The Hall–Kier alpha value is -2.66. The molecule has 1 aliphatic carbocycles. The number of rotatable bonds is 4. The lowest BCUT2D eigenvalue weighted by Gasteiger charge is -2.22. The summed E-state index contributed by atoms with van der Waals surface area (Å²) in [5.41, 5.74) is 0.931. The lowest BCUT2D eigenvalue weighted by atomic mass is 10.0. The zero-order valence-corrected chi connectivity index (χ0v) is 19.3. The Morgan fingerprint density at radius 2 is 1.97 bits per heavy atom. The Balaban J connectivity index is 1.76. The highest BCUT2D eigenvalue weighted by molar-refractivity contribution is 9.10. The molecule has 0 bridgehead atoms. The molecule has 168 valence electrons. The molecular formula is C21H18BrF3N4O2S. The first-order valence-electron chi connectivity index (χ1n) is 9.51. The molecule has 3 aromatic rings. The highest BCUT2D eigenvalue weighted by Gasteiger charge is 2.31. The van der Waals surface area contributed by atoms with E-state index in [0.29, 0.717) is 32.9 Å². The van der Waals surface area contributed by atoms with Gasteiger partial charge in [0.25, 0.3) is 0 Å². The largest absolute Gasteiger partial charge is 0.416 e. The lowest BCUT2D eigenvalue weighted by molar-refractivity contribution is -0.137. The van der Waals surface area contributed by atoms with Gasteiger partial charge in [-0.25, -0.2) is 13.4 Å². The van der Waals surface area contributed by atoms with E-state index in [4.69, 9.17) is 0 Å². The first-order valence-corrected chi connectivity index (χ1v) is 12.3. The van der Waals surface area contributed by atoms with Gasteiger partial charge < -0.3 is 5.32 Å². The number of hydrogen-bond donors (Lipinski definition) is 1. The van der Waals surface area contributed by atoms with Crippen LogP contribution in [0, 0.1) is 5.92 Å². The van der Waals surface area contributed by atoms with Crippen molar-refractivity contribution in [2.24, 2.45) is 5.92 Å². The van der Waals surface area contributed by atoms with Gasteiger partial charge in [0, 0.05) is 23.6 Å². The highest BCUT2D eigenvalue weighted by atomic mass is 79.9. The molecule has 6 nitrogen and oxygen atoms in total. The summed E-state index contributed by atoms with van der Waals surface area (Å²) in [6.07, 6.45) is 3.34. The predicted octanol–water partition coefficient (Wildman–Crippen LogP) is 5.09. The van der Waals surface area contributed by atoms with Gasteiger partial charge in [-0.3, -0.25) is 0 Å². The normalized spacial score (nSPS) is 19.2. The molecule has 0 amide bonds. The third-order valence-corrected chi connectivity index (χ3v) is 7.24. The minimum absolute atomic E-state index is 0.262. The van der Waals surface area contributed by atoms with Crippen LogP contribution in [0.1, 0.15) is 12.5 Å². The SMILES string of the molecule is CC1C=C(Nc2cc(-c3cccc(C(F)(F)F)c3)nc3c(Br)cnn23)C=CC1S(C)(=O)=O. The number of aromatic nitrogens is 3. The van der Waals surface area contributed by atoms with Crippen molar-refractivity contribution in [3.63, 3.8) is 0 Å². The number of fused-ring (bicyclic) bond motifs is 1. The molecule has 1 aromatic carbocycles. The van der Waals surface area contributed by atoms with Gasteiger partial charge in [0.15, 0.2) is 15.5 Å². The topological polar surface area (TPSA) is 76.4 Å². The van der Waals surface area contributed by atoms with Crippen LogP contribution in [0.5, 0.6) is 0 Å². The number of sulfone groups is 1. The molecule has 32 heavy (non-hydrogen) atoms. The van der Waals surface area contributed by atoms with Crippen LogP contribution >= 0.6 is 15.9 Å². The fourth-order valence-corrected chi connectivity index (χ4v) is 5.17. The summed E-state index contributed by atoms with van der Waals surface area (Å²) in [5, 5.41) is 6.84. The van der Waals surface area contributed by atoms with Crippen LogP contribution in [0.2, 0.25) is 0 Å². The molecule has 0 fully saturated rings. The third kappa shape index (κ3) is 4.44. The van der Waals surface area contributed by atoms with E-state index in [0.717, 1.165) is 12.1 Å². The maximum Gasteiger partial charge on any atom is 0.416 e. The van der Waals surface area contributed by atoms with E-state index in [1.807, 2.05) is 0 Å². The number of allylic oxidation sites excluding steroid dienone is 2. The third-order valence-electron chi connectivity index (χ3n) is 5.11. The van der Waals surface area contributed by atoms with Gasteiger partial charge in [-0.05, 0) is 40.1 Å². The number of anilines is 1. The van der Waals surface area contributed by atoms with E-state index in [1.165, 1.54) is 23.0 Å². The Labute approximate surface area is 190 Å². The van der Waals surface area contributed by atoms with Gasteiger partial charge in [-0.1, -0.05) is 31.2 Å². The number of alkyl halides is 3. The summed E-state index contributed by atoms with van der Waals surface area (Å²) >= 11 is 3.37. The van der Waals surface area contributed by atoms with Gasteiger partial charge in [-0.2, -0.15) is 22.8 Å². The molecule has 2 atom stereocenters.